The monoisotopic (exact) mass is 421 g/mol. The van der Waals surface area contributed by atoms with Crippen molar-refractivity contribution in [3.63, 3.8) is 0 Å². The molecular weight excluding hydrogens is 393 g/mol. The molecule has 0 aliphatic heterocycles. The Kier molecular flexibility index (Phi) is 8.13. The van der Waals surface area contributed by atoms with E-state index in [1.165, 1.54) is 12.7 Å². The zero-order valence-corrected chi connectivity index (χ0v) is 17.2. The standard InChI is InChI=1S/C16H28NO2Si.HI/c1-17(2,13-20(4,5)6)15(16(18)19-3)12-14-10-8-7-9-11-14;/h7-11,15H,12-13H2,1-6H3;1H/q+1;/p-1/t15-;/m0./s1. The normalized spacial score (nSPS) is 13.2. The molecule has 0 amide bonds. The van der Waals surface area contributed by atoms with Crippen LogP contribution >= 0.6 is 0 Å². The average molecular weight is 421 g/mol. The number of methoxy groups -OCH3 is 1. The van der Waals surface area contributed by atoms with Crippen molar-refractivity contribution >= 4 is 14.0 Å². The summed E-state index contributed by atoms with van der Waals surface area (Å²) in [7, 11) is 4.50. The molecule has 1 aromatic rings. The number of rotatable bonds is 6. The van der Waals surface area contributed by atoms with Crippen molar-refractivity contribution in [1.82, 2.24) is 0 Å². The third-order valence-corrected chi connectivity index (χ3v) is 5.23. The minimum Gasteiger partial charge on any atom is -1.00 e. The molecule has 1 aromatic carbocycles. The fraction of sp³-hybridized carbons (Fsp3) is 0.562. The maximum atomic E-state index is 12.2. The summed E-state index contributed by atoms with van der Waals surface area (Å²) in [6, 6.07) is 10.0. The Hall–Kier alpha value is -0.403. The topological polar surface area (TPSA) is 26.3 Å². The summed E-state index contributed by atoms with van der Waals surface area (Å²) in [4.78, 5) is 12.2. The molecule has 3 nitrogen and oxygen atoms in total. The first-order valence-corrected chi connectivity index (χ1v) is 10.8. The summed E-state index contributed by atoms with van der Waals surface area (Å²) >= 11 is 0. The van der Waals surface area contributed by atoms with E-state index in [0.29, 0.717) is 4.48 Å². The van der Waals surface area contributed by atoms with Gasteiger partial charge in [-0.25, -0.2) is 4.79 Å². The molecule has 1 rings (SSSR count). The van der Waals surface area contributed by atoms with Gasteiger partial charge >= 0.3 is 5.97 Å². The second-order valence-electron chi connectivity index (χ2n) is 7.23. The van der Waals surface area contributed by atoms with E-state index in [2.05, 4.69) is 45.9 Å². The highest BCUT2D eigenvalue weighted by molar-refractivity contribution is 6.76. The molecule has 0 fully saturated rings. The first kappa shape index (κ1) is 20.6. The Morgan fingerprint density at radius 2 is 1.71 bits per heavy atom. The Balaban J connectivity index is 0.00000400. The number of hydrogen-bond donors (Lipinski definition) is 0. The van der Waals surface area contributed by atoms with Crippen LogP contribution in [0.2, 0.25) is 19.6 Å². The second kappa shape index (κ2) is 8.29. The average Bonchev–Trinajstić information content (AvgIpc) is 2.33. The molecule has 21 heavy (non-hydrogen) atoms. The molecule has 0 N–H and O–H groups in total. The number of likely N-dealkylation sites (N-methyl/N-ethyl adjacent to an activating group) is 1. The zero-order valence-electron chi connectivity index (χ0n) is 14.0. The summed E-state index contributed by atoms with van der Waals surface area (Å²) in [5.74, 6) is -0.114. The van der Waals surface area contributed by atoms with Crippen LogP contribution in [0.1, 0.15) is 5.56 Å². The molecule has 0 bridgehead atoms. The van der Waals surface area contributed by atoms with E-state index in [1.54, 1.807) is 0 Å². The number of carbonyl (C=O) groups is 1. The Labute approximate surface area is 147 Å². The van der Waals surface area contributed by atoms with Gasteiger partial charge in [-0.15, -0.1) is 0 Å². The molecular formula is C16H28INO2Si. The highest BCUT2D eigenvalue weighted by Gasteiger charge is 2.39. The summed E-state index contributed by atoms with van der Waals surface area (Å²) in [6.07, 6.45) is 1.78. The third-order valence-electron chi connectivity index (χ3n) is 3.47. The van der Waals surface area contributed by atoms with E-state index in [0.717, 1.165) is 12.6 Å². The molecule has 0 saturated carbocycles. The number of quaternary nitrogens is 1. The number of hydrogen-bond acceptors (Lipinski definition) is 2. The van der Waals surface area contributed by atoms with Gasteiger partial charge in [-0.1, -0.05) is 50.0 Å². The van der Waals surface area contributed by atoms with Crippen LogP contribution in [0.4, 0.5) is 0 Å². The lowest BCUT2D eigenvalue weighted by Crippen LogP contribution is -3.00. The smallest absolute Gasteiger partial charge is 0.365 e. The van der Waals surface area contributed by atoms with Crippen LogP contribution in [-0.4, -0.2) is 51.9 Å². The molecule has 0 spiro atoms. The number of carbonyl (C=O) groups excluding carboxylic acids is 1. The summed E-state index contributed by atoms with van der Waals surface area (Å²) in [5, 5.41) is 0. The van der Waals surface area contributed by atoms with Crippen LogP contribution in [0.5, 0.6) is 0 Å². The minimum absolute atomic E-state index is 0. The predicted octanol–water partition coefficient (Wildman–Crippen LogP) is -0.271. The van der Waals surface area contributed by atoms with E-state index in [9.17, 15) is 4.79 Å². The van der Waals surface area contributed by atoms with Crippen LogP contribution in [0, 0.1) is 0 Å². The fourth-order valence-electron chi connectivity index (χ4n) is 2.92. The Morgan fingerprint density at radius 3 is 2.14 bits per heavy atom. The van der Waals surface area contributed by atoms with Gasteiger partial charge in [-0.05, 0) is 5.56 Å². The maximum absolute atomic E-state index is 12.2. The lowest BCUT2D eigenvalue weighted by atomic mass is 10.0. The van der Waals surface area contributed by atoms with Gasteiger partial charge in [0.2, 0.25) is 0 Å². The summed E-state index contributed by atoms with van der Waals surface area (Å²) < 4.78 is 5.74. The Bertz CT molecular complexity index is 443. The lowest BCUT2D eigenvalue weighted by Gasteiger charge is -2.40. The SMILES string of the molecule is COC(=O)[C@H](Cc1ccccc1)[N+](C)(C)C[Si](C)(C)C.[I-]. The Morgan fingerprint density at radius 1 is 1.19 bits per heavy atom. The van der Waals surface area contributed by atoms with Crippen molar-refractivity contribution in [3.8, 4) is 0 Å². The van der Waals surface area contributed by atoms with Crippen molar-refractivity contribution in [2.75, 3.05) is 27.4 Å². The van der Waals surface area contributed by atoms with Gasteiger partial charge in [-0.2, -0.15) is 0 Å². The fourth-order valence-corrected chi connectivity index (χ4v) is 5.59. The van der Waals surface area contributed by atoms with Gasteiger partial charge in [0.25, 0.3) is 0 Å². The molecule has 0 heterocycles. The summed E-state index contributed by atoms with van der Waals surface area (Å²) in [6.45, 7) is 7.01. The van der Waals surface area contributed by atoms with Crippen molar-refractivity contribution < 1.29 is 38.0 Å². The van der Waals surface area contributed by atoms with E-state index < -0.39 is 8.07 Å². The maximum Gasteiger partial charge on any atom is 0.365 e. The van der Waals surface area contributed by atoms with Gasteiger partial charge in [0.15, 0.2) is 6.04 Å². The number of esters is 1. The number of halogens is 1. The molecule has 0 aromatic heterocycles. The first-order chi connectivity index (χ1) is 9.15. The van der Waals surface area contributed by atoms with Crippen molar-refractivity contribution in [1.29, 1.82) is 0 Å². The van der Waals surface area contributed by atoms with Crippen LogP contribution in [0.15, 0.2) is 30.3 Å². The van der Waals surface area contributed by atoms with E-state index >= 15 is 0 Å². The number of ether oxygens (including phenoxy) is 1. The molecule has 0 aliphatic carbocycles. The zero-order chi connectivity index (χ0) is 15.4. The largest absolute Gasteiger partial charge is 1.00 e. The molecule has 1 atom stereocenters. The number of benzene rings is 1. The third kappa shape index (κ3) is 6.93. The van der Waals surface area contributed by atoms with E-state index in [1.807, 2.05) is 18.2 Å². The van der Waals surface area contributed by atoms with E-state index in [4.69, 9.17) is 4.74 Å². The van der Waals surface area contributed by atoms with Crippen LogP contribution in [0.25, 0.3) is 0 Å². The molecule has 0 unspecified atom stereocenters. The minimum atomic E-state index is -1.27. The molecule has 0 radical (unpaired) electrons. The predicted molar refractivity (Wildman–Crippen MR) is 86.3 cm³/mol. The first-order valence-electron chi connectivity index (χ1n) is 7.10. The van der Waals surface area contributed by atoms with Gasteiger partial charge < -0.3 is 33.2 Å². The van der Waals surface area contributed by atoms with Crippen molar-refractivity contribution in [3.05, 3.63) is 35.9 Å². The highest BCUT2D eigenvalue weighted by atomic mass is 127. The summed E-state index contributed by atoms with van der Waals surface area (Å²) in [5.41, 5.74) is 1.18. The van der Waals surface area contributed by atoms with Gasteiger partial charge in [0.05, 0.1) is 27.4 Å². The molecule has 120 valence electrons. The quantitative estimate of drug-likeness (QED) is 0.274. The lowest BCUT2D eigenvalue weighted by molar-refractivity contribution is -0.897. The van der Waals surface area contributed by atoms with Crippen molar-refractivity contribution in [2.24, 2.45) is 0 Å². The molecule has 5 heteroatoms. The van der Waals surface area contributed by atoms with Crippen LogP contribution in [0.3, 0.4) is 0 Å². The molecule has 0 aliphatic rings. The van der Waals surface area contributed by atoms with Gasteiger partial charge in [-0.3, -0.25) is 0 Å². The van der Waals surface area contributed by atoms with Crippen molar-refractivity contribution in [2.45, 2.75) is 32.1 Å². The number of nitrogens with zero attached hydrogens (tertiary/aromatic N) is 1. The van der Waals surface area contributed by atoms with Crippen LogP contribution in [-0.2, 0) is 16.0 Å². The van der Waals surface area contributed by atoms with E-state index in [-0.39, 0.29) is 36.0 Å². The van der Waals surface area contributed by atoms with Gasteiger partial charge in [0.1, 0.15) is 8.07 Å². The van der Waals surface area contributed by atoms with Crippen LogP contribution < -0.4 is 24.0 Å². The highest BCUT2D eigenvalue weighted by Crippen LogP contribution is 2.18. The van der Waals surface area contributed by atoms with Gasteiger partial charge in [0, 0.05) is 6.42 Å². The molecule has 0 saturated heterocycles. The second-order valence-corrected chi connectivity index (χ2v) is 12.7.